The highest BCUT2D eigenvalue weighted by atomic mass is 35.5. The molecule has 1 amide bonds. The van der Waals surface area contributed by atoms with E-state index in [0.717, 1.165) is 11.5 Å². The molecule has 0 radical (unpaired) electrons. The lowest BCUT2D eigenvalue weighted by Crippen LogP contribution is -2.23. The molecule has 0 aliphatic carbocycles. The number of aromatic nitrogens is 1. The van der Waals surface area contributed by atoms with Crippen LogP contribution in [-0.4, -0.2) is 10.9 Å². The van der Waals surface area contributed by atoms with Crippen molar-refractivity contribution in [1.82, 2.24) is 10.3 Å². The van der Waals surface area contributed by atoms with E-state index in [2.05, 4.69) is 10.3 Å². The van der Waals surface area contributed by atoms with Crippen LogP contribution in [0.3, 0.4) is 0 Å². The fourth-order valence-corrected chi connectivity index (χ4v) is 1.72. The van der Waals surface area contributed by atoms with Crippen molar-refractivity contribution in [1.29, 1.82) is 0 Å². The van der Waals surface area contributed by atoms with E-state index >= 15 is 0 Å². The minimum absolute atomic E-state index is 0.232. The number of nitrogens with one attached hydrogen (secondary N) is 1. The smallest absolute Gasteiger partial charge is 0.251 e. The zero-order chi connectivity index (χ0) is 14.0. The number of nitrogens with zero attached hydrogens (tertiary/aromatic N) is 1. The van der Waals surface area contributed by atoms with Crippen LogP contribution in [0.25, 0.3) is 0 Å². The van der Waals surface area contributed by atoms with Gasteiger partial charge in [-0.25, -0.2) is 4.98 Å². The Balaban J connectivity index is 2.03. The molecule has 2 rings (SSSR count). The number of amides is 1. The summed E-state index contributed by atoms with van der Waals surface area (Å²) in [5, 5.41) is 3.06. The van der Waals surface area contributed by atoms with E-state index in [1.807, 2.05) is 13.8 Å². The lowest BCUT2D eigenvalue weighted by molar-refractivity contribution is 0.0947. The molecule has 2 aromatic rings. The lowest BCUT2D eigenvalue weighted by atomic mass is 10.2. The number of rotatable bonds is 3. The lowest BCUT2D eigenvalue weighted by Gasteiger charge is -2.04. The monoisotopic (exact) mass is 279 g/mol. The maximum absolute atomic E-state index is 11.9. The third kappa shape index (κ3) is 3.06. The summed E-state index contributed by atoms with van der Waals surface area (Å²) in [6.07, 6.45) is 0. The van der Waals surface area contributed by atoms with Crippen molar-refractivity contribution >= 4 is 23.2 Å². The topological polar surface area (TPSA) is 81.2 Å². The minimum atomic E-state index is -0.254. The molecular formula is C13H14ClN3O2. The Hall–Kier alpha value is -2.01. The number of nitrogen functional groups attached to an aromatic ring is 1. The van der Waals surface area contributed by atoms with E-state index in [4.69, 9.17) is 21.8 Å². The van der Waals surface area contributed by atoms with Crippen molar-refractivity contribution in [3.63, 3.8) is 0 Å². The van der Waals surface area contributed by atoms with Gasteiger partial charge in [-0.3, -0.25) is 4.79 Å². The van der Waals surface area contributed by atoms with Gasteiger partial charge in [0.1, 0.15) is 5.76 Å². The summed E-state index contributed by atoms with van der Waals surface area (Å²) in [5.74, 6) is 0.972. The van der Waals surface area contributed by atoms with Crippen molar-refractivity contribution in [2.75, 3.05) is 5.73 Å². The van der Waals surface area contributed by atoms with Gasteiger partial charge in [0.2, 0.25) is 5.89 Å². The first kappa shape index (κ1) is 13.4. The third-order valence-corrected chi connectivity index (χ3v) is 3.06. The first-order valence-electron chi connectivity index (χ1n) is 5.73. The van der Waals surface area contributed by atoms with E-state index in [1.165, 1.54) is 6.07 Å². The predicted octanol–water partition coefficient (Wildman–Crippen LogP) is 2.46. The number of carbonyl (C=O) groups excluding carboxylic acids is 1. The van der Waals surface area contributed by atoms with Gasteiger partial charge < -0.3 is 15.5 Å². The number of aryl methyl sites for hydroxylation is 2. The number of hydrogen-bond acceptors (Lipinski definition) is 4. The number of oxazole rings is 1. The van der Waals surface area contributed by atoms with Crippen LogP contribution in [0, 0.1) is 13.8 Å². The number of hydrogen-bond donors (Lipinski definition) is 2. The molecule has 1 aromatic carbocycles. The van der Waals surface area contributed by atoms with E-state index < -0.39 is 0 Å². The molecule has 0 atom stereocenters. The quantitative estimate of drug-likeness (QED) is 0.846. The van der Waals surface area contributed by atoms with Gasteiger partial charge in [0.25, 0.3) is 5.91 Å². The van der Waals surface area contributed by atoms with E-state index in [1.54, 1.807) is 12.1 Å². The molecule has 1 heterocycles. The number of carbonyl (C=O) groups is 1. The first-order valence-corrected chi connectivity index (χ1v) is 6.11. The molecule has 1 aromatic heterocycles. The average molecular weight is 280 g/mol. The molecule has 0 fully saturated rings. The van der Waals surface area contributed by atoms with Crippen molar-refractivity contribution in [3.05, 3.63) is 46.1 Å². The molecule has 6 heteroatoms. The molecule has 0 unspecified atom stereocenters. The molecule has 5 nitrogen and oxygen atoms in total. The van der Waals surface area contributed by atoms with E-state index in [-0.39, 0.29) is 12.5 Å². The maximum Gasteiger partial charge on any atom is 0.251 e. The summed E-state index contributed by atoms with van der Waals surface area (Å²) in [6.45, 7) is 3.91. The van der Waals surface area contributed by atoms with Gasteiger partial charge in [0, 0.05) is 5.56 Å². The van der Waals surface area contributed by atoms with Crippen LogP contribution >= 0.6 is 11.6 Å². The van der Waals surface area contributed by atoms with Crippen LogP contribution in [0.2, 0.25) is 5.02 Å². The van der Waals surface area contributed by atoms with Gasteiger partial charge in [-0.2, -0.15) is 0 Å². The average Bonchev–Trinajstić information content (AvgIpc) is 2.69. The van der Waals surface area contributed by atoms with Gasteiger partial charge in [0.15, 0.2) is 0 Å². The highest BCUT2D eigenvalue weighted by Gasteiger charge is 2.10. The number of anilines is 1. The molecule has 0 saturated heterocycles. The standard InChI is InChI=1S/C13H14ClN3O2/c1-7-8(2)19-12(17-7)6-16-13(18)9-3-4-11(15)10(14)5-9/h3-5H,6,15H2,1-2H3,(H,16,18). The summed E-state index contributed by atoms with van der Waals surface area (Å²) in [6, 6.07) is 4.73. The normalized spacial score (nSPS) is 10.5. The van der Waals surface area contributed by atoms with Crippen molar-refractivity contribution in [3.8, 4) is 0 Å². The Labute approximate surface area is 115 Å². The highest BCUT2D eigenvalue weighted by Crippen LogP contribution is 2.19. The van der Waals surface area contributed by atoms with Crippen LogP contribution < -0.4 is 11.1 Å². The van der Waals surface area contributed by atoms with E-state index in [0.29, 0.717) is 22.2 Å². The van der Waals surface area contributed by atoms with E-state index in [9.17, 15) is 4.79 Å². The number of benzene rings is 1. The van der Waals surface area contributed by atoms with Crippen molar-refractivity contribution in [2.24, 2.45) is 0 Å². The molecule has 100 valence electrons. The molecule has 0 spiro atoms. The molecular weight excluding hydrogens is 266 g/mol. The van der Waals surface area contributed by atoms with Gasteiger partial charge >= 0.3 is 0 Å². The Kier molecular flexibility index (Phi) is 3.76. The van der Waals surface area contributed by atoms with Gasteiger partial charge in [0.05, 0.1) is 22.9 Å². The van der Waals surface area contributed by atoms with Crippen LogP contribution in [0.4, 0.5) is 5.69 Å². The van der Waals surface area contributed by atoms with Crippen LogP contribution in [0.15, 0.2) is 22.6 Å². The van der Waals surface area contributed by atoms with Crippen LogP contribution in [-0.2, 0) is 6.54 Å². The summed E-state index contributed by atoms with van der Waals surface area (Å²) in [4.78, 5) is 16.1. The molecule has 0 aliphatic rings. The Morgan fingerprint density at radius 1 is 1.47 bits per heavy atom. The number of halogens is 1. The minimum Gasteiger partial charge on any atom is -0.444 e. The third-order valence-electron chi connectivity index (χ3n) is 2.74. The largest absolute Gasteiger partial charge is 0.444 e. The zero-order valence-electron chi connectivity index (χ0n) is 10.7. The Morgan fingerprint density at radius 3 is 2.79 bits per heavy atom. The molecule has 0 aliphatic heterocycles. The zero-order valence-corrected chi connectivity index (χ0v) is 11.4. The van der Waals surface area contributed by atoms with Crippen molar-refractivity contribution < 1.29 is 9.21 Å². The predicted molar refractivity (Wildman–Crippen MR) is 73.0 cm³/mol. The summed E-state index contributed by atoms with van der Waals surface area (Å²) < 4.78 is 5.37. The summed E-state index contributed by atoms with van der Waals surface area (Å²) >= 11 is 5.86. The van der Waals surface area contributed by atoms with Gasteiger partial charge in [-0.1, -0.05) is 11.6 Å². The SMILES string of the molecule is Cc1nc(CNC(=O)c2ccc(N)c(Cl)c2)oc1C. The summed E-state index contributed by atoms with van der Waals surface area (Å²) in [7, 11) is 0. The maximum atomic E-state index is 11.9. The van der Waals surface area contributed by atoms with Gasteiger partial charge in [-0.15, -0.1) is 0 Å². The van der Waals surface area contributed by atoms with Crippen LogP contribution in [0.1, 0.15) is 27.7 Å². The van der Waals surface area contributed by atoms with Crippen LogP contribution in [0.5, 0.6) is 0 Å². The highest BCUT2D eigenvalue weighted by molar-refractivity contribution is 6.33. The first-order chi connectivity index (χ1) is 8.97. The second kappa shape index (κ2) is 5.32. The van der Waals surface area contributed by atoms with Crippen molar-refractivity contribution in [2.45, 2.75) is 20.4 Å². The molecule has 0 saturated carbocycles. The second-order valence-corrected chi connectivity index (χ2v) is 4.58. The number of nitrogens with two attached hydrogens (primary N) is 1. The van der Waals surface area contributed by atoms with Gasteiger partial charge in [-0.05, 0) is 32.0 Å². The summed E-state index contributed by atoms with van der Waals surface area (Å²) in [5.41, 5.74) is 7.29. The fraction of sp³-hybridized carbons (Fsp3) is 0.231. The Morgan fingerprint density at radius 2 is 2.21 bits per heavy atom. The Bertz CT molecular complexity index is 603. The molecule has 0 bridgehead atoms. The fourth-order valence-electron chi connectivity index (χ4n) is 1.54. The molecule has 19 heavy (non-hydrogen) atoms. The molecule has 3 N–H and O–H groups in total. The second-order valence-electron chi connectivity index (χ2n) is 4.17.